The number of ether oxygens (including phenoxy) is 1. The molecule has 3 nitrogen and oxygen atoms in total. The van der Waals surface area contributed by atoms with Gasteiger partial charge >= 0.3 is 0 Å². The number of hydrogen-bond acceptors (Lipinski definition) is 4. The maximum absolute atomic E-state index is 5.91. The Kier molecular flexibility index (Phi) is 6.36. The number of piperidine rings is 1. The molecule has 1 aromatic rings. The number of nitrogens with two attached hydrogens (primary N) is 1. The molecule has 2 unspecified atom stereocenters. The summed E-state index contributed by atoms with van der Waals surface area (Å²) in [6, 6.07) is 9.24. The van der Waals surface area contributed by atoms with Crippen LogP contribution in [0, 0.1) is 6.92 Å². The fourth-order valence-electron chi connectivity index (χ4n) is 2.73. The second-order valence-corrected chi connectivity index (χ2v) is 6.64. The van der Waals surface area contributed by atoms with E-state index in [0.717, 1.165) is 38.2 Å². The highest BCUT2D eigenvalue weighted by Crippen LogP contribution is 2.22. The van der Waals surface area contributed by atoms with E-state index in [1.165, 1.54) is 10.5 Å². The van der Waals surface area contributed by atoms with Crippen molar-refractivity contribution in [3.63, 3.8) is 0 Å². The first-order valence-electron chi connectivity index (χ1n) is 7.39. The molecule has 112 valence electrons. The minimum absolute atomic E-state index is 0.393. The number of likely N-dealkylation sites (tertiary alicyclic amines) is 1. The van der Waals surface area contributed by atoms with E-state index < -0.39 is 0 Å². The molecule has 0 spiro atoms. The van der Waals surface area contributed by atoms with Gasteiger partial charge in [-0.25, -0.2) is 0 Å². The third kappa shape index (κ3) is 4.48. The van der Waals surface area contributed by atoms with Gasteiger partial charge in [0.25, 0.3) is 0 Å². The second kappa shape index (κ2) is 8.03. The smallest absolute Gasteiger partial charge is 0.0599 e. The Labute approximate surface area is 126 Å². The molecule has 1 saturated heterocycles. The number of benzene rings is 1. The van der Waals surface area contributed by atoms with Gasteiger partial charge in [0, 0.05) is 43.4 Å². The molecule has 0 aromatic heterocycles. The summed E-state index contributed by atoms with van der Waals surface area (Å²) in [5.41, 5.74) is 7.22. The molecule has 1 fully saturated rings. The summed E-state index contributed by atoms with van der Waals surface area (Å²) in [6.07, 6.45) is 2.59. The Morgan fingerprint density at radius 1 is 1.35 bits per heavy atom. The van der Waals surface area contributed by atoms with E-state index in [1.807, 2.05) is 11.8 Å². The average Bonchev–Trinajstić information content (AvgIpc) is 2.49. The molecule has 4 heteroatoms. The lowest BCUT2D eigenvalue weighted by Crippen LogP contribution is -2.49. The number of aryl methyl sites for hydroxylation is 1. The summed E-state index contributed by atoms with van der Waals surface area (Å²) >= 11 is 1.93. The number of hydrogen-bond donors (Lipinski definition) is 1. The van der Waals surface area contributed by atoms with Crippen molar-refractivity contribution in [3.8, 4) is 0 Å². The van der Waals surface area contributed by atoms with Gasteiger partial charge in [0.05, 0.1) is 6.10 Å². The van der Waals surface area contributed by atoms with Gasteiger partial charge in [-0.05, 0) is 31.9 Å². The minimum Gasteiger partial charge on any atom is -0.381 e. The number of thioether (sulfide) groups is 1. The van der Waals surface area contributed by atoms with Gasteiger partial charge < -0.3 is 10.5 Å². The molecule has 2 atom stereocenters. The molecule has 1 heterocycles. The van der Waals surface area contributed by atoms with E-state index in [9.17, 15) is 0 Å². The molecule has 1 aromatic carbocycles. The van der Waals surface area contributed by atoms with Crippen molar-refractivity contribution in [2.45, 2.75) is 36.8 Å². The van der Waals surface area contributed by atoms with Crippen LogP contribution in [0.4, 0.5) is 0 Å². The minimum atomic E-state index is 0.393. The topological polar surface area (TPSA) is 38.5 Å². The highest BCUT2D eigenvalue weighted by molar-refractivity contribution is 7.99. The van der Waals surface area contributed by atoms with E-state index in [4.69, 9.17) is 10.5 Å². The Bertz CT molecular complexity index is 396. The first-order chi connectivity index (χ1) is 9.72. The van der Waals surface area contributed by atoms with Gasteiger partial charge in [0.2, 0.25) is 0 Å². The molecule has 1 aliphatic heterocycles. The molecule has 0 aliphatic carbocycles. The summed E-state index contributed by atoms with van der Waals surface area (Å²) in [4.78, 5) is 3.88. The molecule has 0 amide bonds. The molecule has 20 heavy (non-hydrogen) atoms. The van der Waals surface area contributed by atoms with Crippen LogP contribution in [0.5, 0.6) is 0 Å². The third-order valence-electron chi connectivity index (χ3n) is 4.06. The van der Waals surface area contributed by atoms with Gasteiger partial charge in [-0.3, -0.25) is 4.90 Å². The monoisotopic (exact) mass is 294 g/mol. The molecule has 0 radical (unpaired) electrons. The van der Waals surface area contributed by atoms with Crippen LogP contribution in [0.15, 0.2) is 29.2 Å². The van der Waals surface area contributed by atoms with Crippen LogP contribution in [0.3, 0.4) is 0 Å². The fourth-order valence-corrected chi connectivity index (χ4v) is 3.62. The molecular formula is C16H26N2OS. The van der Waals surface area contributed by atoms with E-state index >= 15 is 0 Å². The number of nitrogens with zero attached hydrogens (tertiary/aromatic N) is 1. The zero-order valence-corrected chi connectivity index (χ0v) is 13.4. The summed E-state index contributed by atoms with van der Waals surface area (Å²) in [6.45, 7) is 5.07. The Morgan fingerprint density at radius 3 is 2.75 bits per heavy atom. The normalized spacial score (nSPS) is 23.9. The quantitative estimate of drug-likeness (QED) is 0.818. The van der Waals surface area contributed by atoms with Crippen molar-refractivity contribution in [3.05, 3.63) is 29.8 Å². The molecular weight excluding hydrogens is 268 g/mol. The fraction of sp³-hybridized carbons (Fsp3) is 0.625. The lowest BCUT2D eigenvalue weighted by atomic mass is 9.99. The van der Waals surface area contributed by atoms with Gasteiger partial charge in [-0.1, -0.05) is 17.7 Å². The summed E-state index contributed by atoms with van der Waals surface area (Å²) in [7, 11) is 1.81. The predicted octanol–water partition coefficient (Wildman–Crippen LogP) is 2.53. The van der Waals surface area contributed by atoms with Gasteiger partial charge in [-0.2, -0.15) is 0 Å². The highest BCUT2D eigenvalue weighted by Gasteiger charge is 2.26. The highest BCUT2D eigenvalue weighted by atomic mass is 32.2. The summed E-state index contributed by atoms with van der Waals surface area (Å²) in [5, 5.41) is 0. The molecule has 2 N–H and O–H groups in total. The van der Waals surface area contributed by atoms with Gasteiger partial charge in [-0.15, -0.1) is 11.8 Å². The van der Waals surface area contributed by atoms with Crippen LogP contribution in [0.25, 0.3) is 0 Å². The van der Waals surface area contributed by atoms with Crippen molar-refractivity contribution in [1.29, 1.82) is 0 Å². The standard InChI is InChI=1S/C16H26N2OS/c1-13-3-5-16(6-4-13)20-10-9-18-8-7-15(19-2)11-14(18)12-17/h3-6,14-15H,7-12,17H2,1-2H3. The maximum atomic E-state index is 5.91. The first-order valence-corrected chi connectivity index (χ1v) is 8.38. The maximum Gasteiger partial charge on any atom is 0.0599 e. The Hall–Kier alpha value is -0.550. The Balaban J connectivity index is 1.76. The lowest BCUT2D eigenvalue weighted by Gasteiger charge is -2.38. The lowest BCUT2D eigenvalue weighted by molar-refractivity contribution is 0.0158. The second-order valence-electron chi connectivity index (χ2n) is 5.47. The zero-order valence-electron chi connectivity index (χ0n) is 12.5. The van der Waals surface area contributed by atoms with Gasteiger partial charge in [0.1, 0.15) is 0 Å². The molecule has 2 rings (SSSR count). The number of rotatable bonds is 6. The van der Waals surface area contributed by atoms with Crippen LogP contribution in [-0.2, 0) is 4.74 Å². The van der Waals surface area contributed by atoms with Crippen LogP contribution >= 0.6 is 11.8 Å². The van der Waals surface area contributed by atoms with Crippen molar-refractivity contribution in [2.75, 3.05) is 32.5 Å². The van der Waals surface area contributed by atoms with Crippen LogP contribution in [0.1, 0.15) is 18.4 Å². The summed E-state index contributed by atoms with van der Waals surface area (Å²) < 4.78 is 5.47. The SMILES string of the molecule is COC1CCN(CCSc2ccc(C)cc2)C(CN)C1. The van der Waals surface area contributed by atoms with E-state index in [1.54, 1.807) is 7.11 Å². The van der Waals surface area contributed by atoms with Crippen molar-refractivity contribution in [1.82, 2.24) is 4.90 Å². The van der Waals surface area contributed by atoms with Crippen LogP contribution < -0.4 is 5.73 Å². The largest absolute Gasteiger partial charge is 0.381 e. The van der Waals surface area contributed by atoms with Crippen molar-refractivity contribution >= 4 is 11.8 Å². The molecule has 0 saturated carbocycles. The zero-order chi connectivity index (χ0) is 14.4. The summed E-state index contributed by atoms with van der Waals surface area (Å²) in [5.74, 6) is 1.12. The first kappa shape index (κ1) is 15.8. The van der Waals surface area contributed by atoms with Crippen molar-refractivity contribution < 1.29 is 4.74 Å². The predicted molar refractivity (Wildman–Crippen MR) is 86.3 cm³/mol. The van der Waals surface area contributed by atoms with E-state index in [-0.39, 0.29) is 0 Å². The van der Waals surface area contributed by atoms with Crippen LogP contribution in [-0.4, -0.2) is 49.5 Å². The average molecular weight is 294 g/mol. The third-order valence-corrected chi connectivity index (χ3v) is 5.06. The van der Waals surface area contributed by atoms with E-state index in [2.05, 4.69) is 36.1 Å². The molecule has 1 aliphatic rings. The number of methoxy groups -OCH3 is 1. The van der Waals surface area contributed by atoms with Crippen LogP contribution in [0.2, 0.25) is 0 Å². The molecule has 0 bridgehead atoms. The van der Waals surface area contributed by atoms with E-state index in [0.29, 0.717) is 12.1 Å². The van der Waals surface area contributed by atoms with Gasteiger partial charge in [0.15, 0.2) is 0 Å². The Morgan fingerprint density at radius 2 is 2.10 bits per heavy atom. The van der Waals surface area contributed by atoms with Crippen molar-refractivity contribution in [2.24, 2.45) is 5.73 Å².